The second-order valence-electron chi connectivity index (χ2n) is 4.94. The smallest absolute Gasteiger partial charge is 0.260 e. The molecule has 4 bridgehead atoms. The average molecular weight is 291 g/mol. The van der Waals surface area contributed by atoms with Gasteiger partial charge >= 0.3 is 0 Å². The van der Waals surface area contributed by atoms with Gasteiger partial charge in [-0.1, -0.05) is 0 Å². The van der Waals surface area contributed by atoms with Crippen LogP contribution < -0.4 is 22.2 Å². The Kier molecular flexibility index (Phi) is 2.09. The van der Waals surface area contributed by atoms with Crippen LogP contribution in [-0.2, 0) is 0 Å². The van der Waals surface area contributed by atoms with Gasteiger partial charge in [0.25, 0.3) is 22.2 Å². The van der Waals surface area contributed by atoms with Crippen LogP contribution in [0.25, 0.3) is 32.3 Å². The minimum atomic E-state index is -0.757. The quantitative estimate of drug-likeness (QED) is 0.471. The maximum absolute atomic E-state index is 12.2. The van der Waals surface area contributed by atoms with Crippen molar-refractivity contribution in [2.75, 3.05) is 0 Å². The first-order chi connectivity index (χ1) is 10.5. The molecule has 7 nitrogen and oxygen atoms in total. The van der Waals surface area contributed by atoms with Gasteiger partial charge in [0.05, 0.1) is 10.9 Å². The number of benzene rings is 2. The number of hydrogen-bond donors (Lipinski definition) is 2. The van der Waals surface area contributed by atoms with Crippen molar-refractivity contribution in [2.24, 2.45) is 0 Å². The molecule has 0 aliphatic carbocycles. The molecule has 0 fully saturated rings. The Labute approximate surface area is 119 Å². The van der Waals surface area contributed by atoms with Crippen molar-refractivity contribution in [1.82, 2.24) is 9.97 Å². The van der Waals surface area contributed by atoms with E-state index in [-0.39, 0.29) is 37.9 Å². The van der Waals surface area contributed by atoms with Crippen LogP contribution in [0.15, 0.2) is 37.4 Å². The van der Waals surface area contributed by atoms with Crippen molar-refractivity contribution < 1.29 is 0 Å². The molecule has 4 heterocycles. The SMILES string of the molecule is N#Cc1cc2c(=O)[nH]c(=O)c1c1c3ccc(c(=O)[nH]c3=O)c21. The van der Waals surface area contributed by atoms with Crippen LogP contribution >= 0.6 is 0 Å². The summed E-state index contributed by atoms with van der Waals surface area (Å²) in [7, 11) is 0. The van der Waals surface area contributed by atoms with Crippen molar-refractivity contribution in [3.05, 3.63) is 65.2 Å². The predicted molar refractivity (Wildman–Crippen MR) is 79.8 cm³/mol. The molecule has 0 saturated carbocycles. The molecule has 0 amide bonds. The van der Waals surface area contributed by atoms with Crippen molar-refractivity contribution in [3.8, 4) is 6.07 Å². The van der Waals surface area contributed by atoms with E-state index in [0.29, 0.717) is 0 Å². The van der Waals surface area contributed by atoms with Gasteiger partial charge in [0.15, 0.2) is 0 Å². The topological polar surface area (TPSA) is 124 Å². The van der Waals surface area contributed by atoms with E-state index in [1.165, 1.54) is 18.2 Å². The van der Waals surface area contributed by atoms with E-state index >= 15 is 0 Å². The Balaban J connectivity index is 2.73. The second kappa shape index (κ2) is 3.77. The summed E-state index contributed by atoms with van der Waals surface area (Å²) in [5, 5.41) is 9.78. The molecule has 0 spiro atoms. The summed E-state index contributed by atoms with van der Waals surface area (Å²) in [6.07, 6.45) is 0. The first kappa shape index (κ1) is 12.2. The van der Waals surface area contributed by atoms with E-state index in [2.05, 4.69) is 9.97 Å². The summed E-state index contributed by atoms with van der Waals surface area (Å²) >= 11 is 0. The highest BCUT2D eigenvalue weighted by atomic mass is 16.2. The lowest BCUT2D eigenvalue weighted by Gasteiger charge is -2.02. The van der Waals surface area contributed by atoms with E-state index in [9.17, 15) is 24.4 Å². The summed E-state index contributed by atoms with van der Waals surface area (Å²) in [4.78, 5) is 52.9. The fraction of sp³-hybridized carbons (Fsp3) is 0. The van der Waals surface area contributed by atoms with E-state index in [1.807, 2.05) is 6.07 Å². The fourth-order valence-corrected chi connectivity index (χ4v) is 2.92. The number of nitrogens with zero attached hydrogens (tertiary/aromatic N) is 1. The zero-order chi connectivity index (χ0) is 15.6. The Hall–Kier alpha value is -3.53. The summed E-state index contributed by atoms with van der Waals surface area (Å²) in [6, 6.07) is 5.97. The Bertz CT molecular complexity index is 1360. The molecule has 0 aliphatic rings. The predicted octanol–water partition coefficient (Wildman–Crippen LogP) is -0.00952. The summed E-state index contributed by atoms with van der Waals surface area (Å²) in [6.45, 7) is 0. The lowest BCUT2D eigenvalue weighted by molar-refractivity contribution is 1.23. The lowest BCUT2D eigenvalue weighted by Crippen LogP contribution is -2.14. The summed E-state index contributed by atoms with van der Waals surface area (Å²) in [5.41, 5.74) is -2.78. The standard InChI is InChI=1S/C15H5N3O4/c16-4-5-3-8-10-6-1-2-7(13(20)17-12(6)19)11(10)9(5)15(22)18-14(8)21/h1-3H,(H,17,19,20)(H,18,21,22). The molecular weight excluding hydrogens is 286 g/mol. The van der Waals surface area contributed by atoms with Crippen molar-refractivity contribution in [2.45, 2.75) is 0 Å². The van der Waals surface area contributed by atoms with Crippen molar-refractivity contribution in [1.29, 1.82) is 5.26 Å². The molecule has 2 aromatic carbocycles. The highest BCUT2D eigenvalue weighted by Gasteiger charge is 2.19. The number of H-pyrrole nitrogens is 2. The van der Waals surface area contributed by atoms with Crippen LogP contribution in [0, 0.1) is 11.3 Å². The third kappa shape index (κ3) is 1.28. The van der Waals surface area contributed by atoms with Gasteiger partial charge in [-0.3, -0.25) is 29.1 Å². The third-order valence-corrected chi connectivity index (χ3v) is 3.82. The molecule has 22 heavy (non-hydrogen) atoms. The van der Waals surface area contributed by atoms with E-state index in [4.69, 9.17) is 0 Å². The Morgan fingerprint density at radius 3 is 1.91 bits per heavy atom. The zero-order valence-corrected chi connectivity index (χ0v) is 10.8. The van der Waals surface area contributed by atoms with Crippen molar-refractivity contribution in [3.63, 3.8) is 0 Å². The summed E-state index contributed by atoms with van der Waals surface area (Å²) < 4.78 is 0. The van der Waals surface area contributed by atoms with E-state index in [0.717, 1.165) is 0 Å². The van der Waals surface area contributed by atoms with Crippen LogP contribution in [-0.4, -0.2) is 9.97 Å². The van der Waals surface area contributed by atoms with Gasteiger partial charge in [0.2, 0.25) is 0 Å². The van der Waals surface area contributed by atoms with E-state index < -0.39 is 22.2 Å². The number of aromatic amines is 2. The third-order valence-electron chi connectivity index (χ3n) is 3.82. The van der Waals surface area contributed by atoms with Crippen molar-refractivity contribution >= 4 is 32.3 Å². The molecule has 0 saturated heterocycles. The van der Waals surface area contributed by atoms with Gasteiger partial charge in [0, 0.05) is 26.9 Å². The summed E-state index contributed by atoms with van der Waals surface area (Å²) in [5.74, 6) is 0. The highest BCUT2D eigenvalue weighted by Crippen LogP contribution is 2.30. The molecule has 6 aromatic rings. The maximum atomic E-state index is 12.2. The van der Waals surface area contributed by atoms with Gasteiger partial charge in [0.1, 0.15) is 6.07 Å². The van der Waals surface area contributed by atoms with Crippen LogP contribution in [0.2, 0.25) is 0 Å². The Morgan fingerprint density at radius 1 is 0.727 bits per heavy atom. The molecule has 6 rings (SSSR count). The lowest BCUT2D eigenvalue weighted by atomic mass is 9.96. The molecule has 0 atom stereocenters. The fourth-order valence-electron chi connectivity index (χ4n) is 2.92. The monoisotopic (exact) mass is 291 g/mol. The molecule has 0 radical (unpaired) electrons. The Morgan fingerprint density at radius 2 is 1.27 bits per heavy atom. The average Bonchev–Trinajstić information content (AvgIpc) is 2.80. The molecule has 2 N–H and O–H groups in total. The van der Waals surface area contributed by atoms with Crippen LogP contribution in [0.4, 0.5) is 0 Å². The zero-order valence-electron chi connectivity index (χ0n) is 10.8. The largest absolute Gasteiger partial charge is 0.288 e. The number of fused-ring (bicyclic) bond motifs is 6. The van der Waals surface area contributed by atoms with Crippen LogP contribution in [0.1, 0.15) is 5.56 Å². The number of rotatable bonds is 0. The number of nitrogens with one attached hydrogen (secondary N) is 2. The molecule has 0 aliphatic heterocycles. The minimum absolute atomic E-state index is 0.00796. The highest BCUT2D eigenvalue weighted by molar-refractivity contribution is 6.23. The number of nitriles is 1. The van der Waals surface area contributed by atoms with Gasteiger partial charge in [-0.25, -0.2) is 0 Å². The molecular formula is C15H5N3O4. The first-order valence-corrected chi connectivity index (χ1v) is 6.28. The molecule has 7 heteroatoms. The first-order valence-electron chi connectivity index (χ1n) is 6.28. The molecule has 0 unspecified atom stereocenters. The van der Waals surface area contributed by atoms with Gasteiger partial charge in [-0.05, 0) is 18.2 Å². The molecule has 104 valence electrons. The van der Waals surface area contributed by atoms with E-state index in [1.54, 1.807) is 0 Å². The second-order valence-corrected chi connectivity index (χ2v) is 4.94. The van der Waals surface area contributed by atoms with Gasteiger partial charge in [-0.2, -0.15) is 5.26 Å². The number of hydrogen-bond acceptors (Lipinski definition) is 5. The minimum Gasteiger partial charge on any atom is -0.288 e. The normalized spacial score (nSPS) is 11.4. The number of aromatic nitrogens is 2. The molecule has 4 aromatic heterocycles. The van der Waals surface area contributed by atoms with Gasteiger partial charge < -0.3 is 0 Å². The maximum Gasteiger partial charge on any atom is 0.260 e. The van der Waals surface area contributed by atoms with Gasteiger partial charge in [-0.15, -0.1) is 0 Å². The van der Waals surface area contributed by atoms with Crippen LogP contribution in [0.3, 0.4) is 0 Å². The van der Waals surface area contributed by atoms with Crippen LogP contribution in [0.5, 0.6) is 0 Å².